The molecule has 2 N–H and O–H groups in total. The Morgan fingerprint density at radius 1 is 1.29 bits per heavy atom. The second kappa shape index (κ2) is 6.02. The van der Waals surface area contributed by atoms with Crippen LogP contribution >= 0.6 is 0 Å². The lowest BCUT2D eigenvalue weighted by Crippen LogP contribution is -2.29. The molecule has 0 saturated carbocycles. The first kappa shape index (κ1) is 14.0. The summed E-state index contributed by atoms with van der Waals surface area (Å²) in [6.45, 7) is 1.81. The first-order valence-electron chi connectivity index (χ1n) is 5.54. The third-order valence-electron chi connectivity index (χ3n) is 2.78. The van der Waals surface area contributed by atoms with E-state index in [4.69, 9.17) is 10.5 Å². The van der Waals surface area contributed by atoms with Crippen LogP contribution < -0.4 is 10.5 Å². The summed E-state index contributed by atoms with van der Waals surface area (Å²) in [6, 6.07) is 7.41. The van der Waals surface area contributed by atoms with Crippen LogP contribution in [0.15, 0.2) is 24.3 Å². The standard InChI is InChI=1S/C12H19NO3S/c1-10(9-13)17(14,15)8-7-11-3-5-12(16-2)6-4-11/h3-6,10H,7-9,13H2,1-2H3. The average molecular weight is 257 g/mol. The van der Waals surface area contributed by atoms with Gasteiger partial charge < -0.3 is 10.5 Å². The molecule has 1 atom stereocenters. The zero-order valence-electron chi connectivity index (χ0n) is 10.2. The molecular weight excluding hydrogens is 238 g/mol. The summed E-state index contributed by atoms with van der Waals surface area (Å²) >= 11 is 0. The van der Waals surface area contributed by atoms with Crippen molar-refractivity contribution in [1.29, 1.82) is 0 Å². The molecule has 0 spiro atoms. The Labute approximate surface area is 103 Å². The average Bonchev–Trinajstić information content (AvgIpc) is 2.36. The molecule has 1 rings (SSSR count). The van der Waals surface area contributed by atoms with E-state index in [1.165, 1.54) is 0 Å². The van der Waals surface area contributed by atoms with E-state index in [1.54, 1.807) is 14.0 Å². The van der Waals surface area contributed by atoms with Crippen molar-refractivity contribution in [3.05, 3.63) is 29.8 Å². The Morgan fingerprint density at radius 3 is 2.35 bits per heavy atom. The minimum absolute atomic E-state index is 0.137. The van der Waals surface area contributed by atoms with Crippen molar-refractivity contribution in [2.45, 2.75) is 18.6 Å². The van der Waals surface area contributed by atoms with Crippen LogP contribution in [-0.4, -0.2) is 33.1 Å². The van der Waals surface area contributed by atoms with Crippen LogP contribution in [0.4, 0.5) is 0 Å². The van der Waals surface area contributed by atoms with Crippen molar-refractivity contribution >= 4 is 9.84 Å². The maximum absolute atomic E-state index is 11.8. The zero-order chi connectivity index (χ0) is 12.9. The SMILES string of the molecule is COc1ccc(CCS(=O)(=O)C(C)CN)cc1. The lowest BCUT2D eigenvalue weighted by molar-refractivity contribution is 0.414. The van der Waals surface area contributed by atoms with E-state index in [-0.39, 0.29) is 12.3 Å². The van der Waals surface area contributed by atoms with E-state index in [0.29, 0.717) is 6.42 Å². The lowest BCUT2D eigenvalue weighted by Gasteiger charge is -2.10. The smallest absolute Gasteiger partial charge is 0.154 e. The molecule has 0 amide bonds. The summed E-state index contributed by atoms with van der Waals surface area (Å²) in [4.78, 5) is 0. The van der Waals surface area contributed by atoms with Crippen LogP contribution in [0.1, 0.15) is 12.5 Å². The molecule has 0 saturated heterocycles. The summed E-state index contributed by atoms with van der Waals surface area (Å²) in [5, 5.41) is -0.472. The predicted molar refractivity (Wildman–Crippen MR) is 69.0 cm³/mol. The van der Waals surface area contributed by atoms with Gasteiger partial charge in [-0.1, -0.05) is 12.1 Å². The van der Waals surface area contributed by atoms with Crippen molar-refractivity contribution in [3.8, 4) is 5.75 Å². The summed E-state index contributed by atoms with van der Waals surface area (Å²) in [5.74, 6) is 0.907. The van der Waals surface area contributed by atoms with Gasteiger partial charge in [-0.15, -0.1) is 0 Å². The van der Waals surface area contributed by atoms with Gasteiger partial charge in [0.25, 0.3) is 0 Å². The summed E-state index contributed by atoms with van der Waals surface area (Å²) in [6.07, 6.45) is 0.511. The quantitative estimate of drug-likeness (QED) is 0.825. The molecule has 0 fully saturated rings. The van der Waals surface area contributed by atoms with Gasteiger partial charge in [0.1, 0.15) is 5.75 Å². The Bertz CT molecular complexity index is 439. The summed E-state index contributed by atoms with van der Waals surface area (Å²) in [5.41, 5.74) is 6.35. The van der Waals surface area contributed by atoms with Crippen molar-refractivity contribution in [2.24, 2.45) is 5.73 Å². The number of sulfone groups is 1. The first-order valence-corrected chi connectivity index (χ1v) is 7.25. The highest BCUT2D eigenvalue weighted by molar-refractivity contribution is 7.92. The second-order valence-corrected chi connectivity index (χ2v) is 6.55. The van der Waals surface area contributed by atoms with Crippen LogP contribution in [-0.2, 0) is 16.3 Å². The number of benzene rings is 1. The van der Waals surface area contributed by atoms with Gasteiger partial charge in [0, 0.05) is 6.54 Å². The molecule has 0 aromatic heterocycles. The molecule has 4 nitrogen and oxygen atoms in total. The van der Waals surface area contributed by atoms with Crippen molar-refractivity contribution < 1.29 is 13.2 Å². The monoisotopic (exact) mass is 257 g/mol. The van der Waals surface area contributed by atoms with E-state index in [1.807, 2.05) is 24.3 Å². The van der Waals surface area contributed by atoms with Gasteiger partial charge in [-0.05, 0) is 31.0 Å². The second-order valence-electron chi connectivity index (χ2n) is 4.01. The molecule has 5 heteroatoms. The number of rotatable bonds is 6. The van der Waals surface area contributed by atoms with Gasteiger partial charge in [0.2, 0.25) is 0 Å². The predicted octanol–water partition coefficient (Wildman–Crippen LogP) is 1.000. The van der Waals surface area contributed by atoms with E-state index in [2.05, 4.69) is 0 Å². The van der Waals surface area contributed by atoms with Crippen molar-refractivity contribution in [2.75, 3.05) is 19.4 Å². The lowest BCUT2D eigenvalue weighted by atomic mass is 10.2. The van der Waals surface area contributed by atoms with Gasteiger partial charge in [-0.25, -0.2) is 8.42 Å². The fourth-order valence-electron chi connectivity index (χ4n) is 1.40. The fourth-order valence-corrected chi connectivity index (χ4v) is 2.62. The molecule has 96 valence electrons. The number of hydrogen-bond acceptors (Lipinski definition) is 4. The highest BCUT2D eigenvalue weighted by atomic mass is 32.2. The molecule has 0 aliphatic heterocycles. The molecule has 0 aliphatic rings. The third kappa shape index (κ3) is 4.02. The molecule has 1 aromatic carbocycles. The Morgan fingerprint density at radius 2 is 1.88 bits per heavy atom. The number of hydrogen-bond donors (Lipinski definition) is 1. The van der Waals surface area contributed by atoms with Gasteiger partial charge >= 0.3 is 0 Å². The van der Waals surface area contributed by atoms with Gasteiger partial charge in [-0.3, -0.25) is 0 Å². The summed E-state index contributed by atoms with van der Waals surface area (Å²) in [7, 11) is -1.48. The van der Waals surface area contributed by atoms with Gasteiger partial charge in [0.15, 0.2) is 9.84 Å². The molecule has 1 unspecified atom stereocenters. The topological polar surface area (TPSA) is 69.4 Å². The Hall–Kier alpha value is -1.07. The van der Waals surface area contributed by atoms with E-state index in [0.717, 1.165) is 11.3 Å². The van der Waals surface area contributed by atoms with Crippen LogP contribution in [0.5, 0.6) is 5.75 Å². The van der Waals surface area contributed by atoms with Crippen LogP contribution in [0.25, 0.3) is 0 Å². The maximum atomic E-state index is 11.8. The maximum Gasteiger partial charge on any atom is 0.154 e. The molecule has 0 heterocycles. The van der Waals surface area contributed by atoms with Crippen LogP contribution in [0.3, 0.4) is 0 Å². The van der Waals surface area contributed by atoms with Crippen molar-refractivity contribution in [3.63, 3.8) is 0 Å². The minimum atomic E-state index is -3.08. The molecule has 17 heavy (non-hydrogen) atoms. The van der Waals surface area contributed by atoms with Gasteiger partial charge in [0.05, 0.1) is 18.1 Å². The molecular formula is C12H19NO3S. The van der Waals surface area contributed by atoms with E-state index in [9.17, 15) is 8.42 Å². The largest absolute Gasteiger partial charge is 0.497 e. The van der Waals surface area contributed by atoms with E-state index < -0.39 is 15.1 Å². The number of nitrogens with two attached hydrogens (primary N) is 1. The van der Waals surface area contributed by atoms with E-state index >= 15 is 0 Å². The number of ether oxygens (including phenoxy) is 1. The van der Waals surface area contributed by atoms with Crippen molar-refractivity contribution in [1.82, 2.24) is 0 Å². The van der Waals surface area contributed by atoms with Crippen LogP contribution in [0.2, 0.25) is 0 Å². The van der Waals surface area contributed by atoms with Crippen LogP contribution in [0, 0.1) is 0 Å². The molecule has 0 aliphatic carbocycles. The highest BCUT2D eigenvalue weighted by Crippen LogP contribution is 2.13. The minimum Gasteiger partial charge on any atom is -0.497 e. The molecule has 0 radical (unpaired) electrons. The Balaban J connectivity index is 2.61. The first-order chi connectivity index (χ1) is 7.99. The number of aryl methyl sites for hydroxylation is 1. The molecule has 0 bridgehead atoms. The zero-order valence-corrected chi connectivity index (χ0v) is 11.0. The third-order valence-corrected chi connectivity index (χ3v) is 4.97. The normalized spacial score (nSPS) is 13.4. The number of methoxy groups -OCH3 is 1. The highest BCUT2D eigenvalue weighted by Gasteiger charge is 2.18. The summed E-state index contributed by atoms with van der Waals surface area (Å²) < 4.78 is 28.5. The Kier molecular flexibility index (Phi) is 4.96. The van der Waals surface area contributed by atoms with Gasteiger partial charge in [-0.2, -0.15) is 0 Å². The fraction of sp³-hybridized carbons (Fsp3) is 0.500. The molecule has 1 aromatic rings.